The fourth-order valence-electron chi connectivity index (χ4n) is 1.40. The minimum absolute atomic E-state index is 0.0437. The number of hydrogen-bond acceptors (Lipinski definition) is 2. The molecule has 1 N–H and O–H groups in total. The number of halogens is 3. The standard InChI is InChI=1S/C12H24F3NO/c1-4-7-16-11(10(2)3)9-17-8-5-6-12(13,14)15/h10-11,16H,4-9H2,1-3H3. The molecule has 1 unspecified atom stereocenters. The van der Waals surface area contributed by atoms with Crippen LogP contribution in [0.1, 0.15) is 40.0 Å². The van der Waals surface area contributed by atoms with Crippen molar-refractivity contribution >= 4 is 0 Å². The van der Waals surface area contributed by atoms with E-state index in [-0.39, 0.29) is 19.1 Å². The molecular weight excluding hydrogens is 231 g/mol. The number of hydrogen-bond donors (Lipinski definition) is 1. The maximum atomic E-state index is 11.9. The molecule has 0 spiro atoms. The molecule has 0 rings (SSSR count). The van der Waals surface area contributed by atoms with E-state index in [1.807, 2.05) is 0 Å². The molecule has 104 valence electrons. The van der Waals surface area contributed by atoms with E-state index >= 15 is 0 Å². The first-order valence-electron chi connectivity index (χ1n) is 6.24. The average Bonchev–Trinajstić information content (AvgIpc) is 2.20. The van der Waals surface area contributed by atoms with Gasteiger partial charge in [0.05, 0.1) is 6.61 Å². The van der Waals surface area contributed by atoms with Crippen molar-refractivity contribution in [2.45, 2.75) is 52.3 Å². The predicted molar refractivity (Wildman–Crippen MR) is 63.0 cm³/mol. The Morgan fingerprint density at radius 2 is 1.88 bits per heavy atom. The van der Waals surface area contributed by atoms with Gasteiger partial charge in [0, 0.05) is 19.1 Å². The van der Waals surface area contributed by atoms with Gasteiger partial charge in [-0.15, -0.1) is 0 Å². The van der Waals surface area contributed by atoms with Crippen LogP contribution in [0.15, 0.2) is 0 Å². The van der Waals surface area contributed by atoms with Crippen molar-refractivity contribution in [3.05, 3.63) is 0 Å². The SMILES string of the molecule is CCCNC(COCCCC(F)(F)F)C(C)C. The third-order valence-electron chi connectivity index (χ3n) is 2.51. The van der Waals surface area contributed by atoms with Gasteiger partial charge in [-0.1, -0.05) is 20.8 Å². The highest BCUT2D eigenvalue weighted by Crippen LogP contribution is 2.21. The Bertz CT molecular complexity index is 183. The highest BCUT2D eigenvalue weighted by molar-refractivity contribution is 4.69. The smallest absolute Gasteiger partial charge is 0.380 e. The third-order valence-corrected chi connectivity index (χ3v) is 2.51. The average molecular weight is 255 g/mol. The monoisotopic (exact) mass is 255 g/mol. The second kappa shape index (κ2) is 8.75. The van der Waals surface area contributed by atoms with E-state index in [9.17, 15) is 13.2 Å². The molecule has 0 aromatic heterocycles. The van der Waals surface area contributed by atoms with E-state index < -0.39 is 12.6 Å². The molecule has 0 aromatic carbocycles. The summed E-state index contributed by atoms with van der Waals surface area (Å²) in [7, 11) is 0. The fraction of sp³-hybridized carbons (Fsp3) is 1.00. The van der Waals surface area contributed by atoms with Gasteiger partial charge in [0.15, 0.2) is 0 Å². The molecular formula is C12H24F3NO. The molecule has 0 saturated carbocycles. The van der Waals surface area contributed by atoms with Gasteiger partial charge in [0.2, 0.25) is 0 Å². The Labute approximate surface area is 102 Å². The summed E-state index contributed by atoms with van der Waals surface area (Å²) in [6.45, 7) is 7.80. The molecule has 17 heavy (non-hydrogen) atoms. The van der Waals surface area contributed by atoms with Gasteiger partial charge in [-0.25, -0.2) is 0 Å². The molecule has 0 aliphatic carbocycles. The zero-order valence-electron chi connectivity index (χ0n) is 10.9. The van der Waals surface area contributed by atoms with Crippen LogP contribution < -0.4 is 5.32 Å². The van der Waals surface area contributed by atoms with Gasteiger partial charge >= 0.3 is 6.18 Å². The lowest BCUT2D eigenvalue weighted by Gasteiger charge is -2.22. The van der Waals surface area contributed by atoms with Crippen LogP contribution in [0, 0.1) is 5.92 Å². The summed E-state index contributed by atoms with van der Waals surface area (Å²) < 4.78 is 40.9. The highest BCUT2D eigenvalue weighted by Gasteiger charge is 2.26. The molecule has 0 aromatic rings. The number of alkyl halides is 3. The van der Waals surface area contributed by atoms with Crippen LogP contribution in [0.25, 0.3) is 0 Å². The normalized spacial score (nSPS) is 14.3. The Kier molecular flexibility index (Phi) is 8.60. The Balaban J connectivity index is 3.61. The number of ether oxygens (including phenoxy) is 1. The highest BCUT2D eigenvalue weighted by atomic mass is 19.4. The van der Waals surface area contributed by atoms with E-state index in [1.54, 1.807) is 0 Å². The number of rotatable bonds is 9. The Morgan fingerprint density at radius 1 is 1.24 bits per heavy atom. The van der Waals surface area contributed by atoms with Crippen molar-refractivity contribution < 1.29 is 17.9 Å². The summed E-state index contributed by atoms with van der Waals surface area (Å²) in [6.07, 6.45) is -3.75. The quantitative estimate of drug-likeness (QED) is 0.638. The molecule has 2 nitrogen and oxygen atoms in total. The minimum atomic E-state index is -4.07. The van der Waals surface area contributed by atoms with Crippen molar-refractivity contribution in [1.29, 1.82) is 0 Å². The molecule has 5 heteroatoms. The van der Waals surface area contributed by atoms with Gasteiger partial charge in [0.1, 0.15) is 0 Å². The third kappa shape index (κ3) is 10.6. The molecule has 1 atom stereocenters. The van der Waals surface area contributed by atoms with E-state index in [2.05, 4.69) is 26.1 Å². The van der Waals surface area contributed by atoms with Crippen LogP contribution in [0.3, 0.4) is 0 Å². The van der Waals surface area contributed by atoms with E-state index in [0.29, 0.717) is 12.5 Å². The molecule has 0 amide bonds. The molecule has 0 radical (unpaired) electrons. The summed E-state index contributed by atoms with van der Waals surface area (Å²) in [6, 6.07) is 0.223. The molecule has 0 saturated heterocycles. The van der Waals surface area contributed by atoms with Crippen molar-refractivity contribution in [3.8, 4) is 0 Å². The van der Waals surface area contributed by atoms with Crippen molar-refractivity contribution in [2.75, 3.05) is 19.8 Å². The topological polar surface area (TPSA) is 21.3 Å². The second-order valence-corrected chi connectivity index (χ2v) is 4.60. The van der Waals surface area contributed by atoms with E-state index in [4.69, 9.17) is 4.74 Å². The zero-order chi connectivity index (χ0) is 13.3. The van der Waals surface area contributed by atoms with Crippen LogP contribution >= 0.6 is 0 Å². The van der Waals surface area contributed by atoms with E-state index in [1.165, 1.54) is 0 Å². The minimum Gasteiger partial charge on any atom is -0.380 e. The summed E-state index contributed by atoms with van der Waals surface area (Å²) >= 11 is 0. The van der Waals surface area contributed by atoms with Crippen LogP contribution in [0.5, 0.6) is 0 Å². The van der Waals surface area contributed by atoms with Crippen LogP contribution in [-0.2, 0) is 4.74 Å². The molecule has 0 heterocycles. The maximum Gasteiger partial charge on any atom is 0.389 e. The summed E-state index contributed by atoms with van der Waals surface area (Å²) in [5.41, 5.74) is 0. The van der Waals surface area contributed by atoms with Gasteiger partial charge in [-0.05, 0) is 25.3 Å². The number of nitrogens with one attached hydrogen (secondary N) is 1. The second-order valence-electron chi connectivity index (χ2n) is 4.60. The van der Waals surface area contributed by atoms with Crippen LogP contribution in [-0.4, -0.2) is 32.0 Å². The van der Waals surface area contributed by atoms with Crippen molar-refractivity contribution in [3.63, 3.8) is 0 Å². The molecule has 0 bridgehead atoms. The summed E-state index contributed by atoms with van der Waals surface area (Å²) in [5.74, 6) is 0.421. The molecule has 0 fully saturated rings. The largest absolute Gasteiger partial charge is 0.389 e. The maximum absolute atomic E-state index is 11.9. The predicted octanol–water partition coefficient (Wildman–Crippen LogP) is 3.37. The lowest BCUT2D eigenvalue weighted by atomic mass is 10.1. The Morgan fingerprint density at radius 3 is 2.35 bits per heavy atom. The molecule has 0 aliphatic heterocycles. The Hall–Kier alpha value is -0.290. The first-order chi connectivity index (χ1) is 7.87. The van der Waals surface area contributed by atoms with Crippen LogP contribution in [0.2, 0.25) is 0 Å². The first kappa shape index (κ1) is 16.7. The van der Waals surface area contributed by atoms with Gasteiger partial charge in [-0.2, -0.15) is 13.2 Å². The van der Waals surface area contributed by atoms with Gasteiger partial charge < -0.3 is 10.1 Å². The van der Waals surface area contributed by atoms with Gasteiger partial charge in [-0.3, -0.25) is 0 Å². The summed E-state index contributed by atoms with van der Waals surface area (Å²) in [5, 5.41) is 3.33. The van der Waals surface area contributed by atoms with Crippen molar-refractivity contribution in [1.82, 2.24) is 5.32 Å². The van der Waals surface area contributed by atoms with Gasteiger partial charge in [0.25, 0.3) is 0 Å². The first-order valence-corrected chi connectivity index (χ1v) is 6.24. The van der Waals surface area contributed by atoms with E-state index in [0.717, 1.165) is 13.0 Å². The molecule has 0 aliphatic rings. The fourth-order valence-corrected chi connectivity index (χ4v) is 1.40. The van der Waals surface area contributed by atoms with Crippen molar-refractivity contribution in [2.24, 2.45) is 5.92 Å². The van der Waals surface area contributed by atoms with Crippen LogP contribution in [0.4, 0.5) is 13.2 Å². The summed E-state index contributed by atoms with van der Waals surface area (Å²) in [4.78, 5) is 0. The lowest BCUT2D eigenvalue weighted by Crippen LogP contribution is -2.38. The zero-order valence-corrected chi connectivity index (χ0v) is 10.9. The lowest BCUT2D eigenvalue weighted by molar-refractivity contribution is -0.138.